The first kappa shape index (κ1) is 15.3. The number of rotatable bonds is 4. The van der Waals surface area contributed by atoms with E-state index in [0.29, 0.717) is 30.6 Å². The number of alkyl halides is 1. The van der Waals surface area contributed by atoms with Gasteiger partial charge in [0.05, 0.1) is 5.54 Å². The van der Waals surface area contributed by atoms with Crippen LogP contribution < -0.4 is 5.32 Å². The van der Waals surface area contributed by atoms with Crippen LogP contribution >= 0.6 is 11.6 Å². The van der Waals surface area contributed by atoms with Gasteiger partial charge in [-0.1, -0.05) is 26.0 Å². The molecule has 0 aromatic heterocycles. The Morgan fingerprint density at radius 3 is 2.40 bits per heavy atom. The van der Waals surface area contributed by atoms with Crippen molar-refractivity contribution in [2.24, 2.45) is 0 Å². The Morgan fingerprint density at radius 2 is 1.90 bits per heavy atom. The monoisotopic (exact) mass is 295 g/mol. The van der Waals surface area contributed by atoms with Gasteiger partial charge in [0.15, 0.2) is 0 Å². The molecule has 110 valence electrons. The van der Waals surface area contributed by atoms with E-state index in [1.807, 2.05) is 24.3 Å². The summed E-state index contributed by atoms with van der Waals surface area (Å²) in [5.74, 6) is 0.839. The second-order valence-corrected chi connectivity index (χ2v) is 6.02. The van der Waals surface area contributed by atoms with Crippen LogP contribution in [0.2, 0.25) is 0 Å². The molecule has 1 fully saturated rings. The third-order valence-electron chi connectivity index (χ3n) is 3.92. The molecule has 0 saturated carbocycles. The highest BCUT2D eigenvalue weighted by molar-refractivity contribution is 6.19. The zero-order valence-corrected chi connectivity index (χ0v) is 12.9. The van der Waals surface area contributed by atoms with Gasteiger partial charge < -0.3 is 10.1 Å². The van der Waals surface area contributed by atoms with Gasteiger partial charge in [0.2, 0.25) is 0 Å². The first-order valence-electron chi connectivity index (χ1n) is 7.12. The van der Waals surface area contributed by atoms with Gasteiger partial charge in [-0.3, -0.25) is 4.79 Å². The molecule has 1 aromatic rings. The summed E-state index contributed by atoms with van der Waals surface area (Å²) in [5, 5.41) is 3.10. The van der Waals surface area contributed by atoms with Crippen molar-refractivity contribution in [3.63, 3.8) is 0 Å². The molecule has 0 spiro atoms. The Morgan fingerprint density at radius 1 is 1.30 bits per heavy atom. The van der Waals surface area contributed by atoms with E-state index in [1.165, 1.54) is 5.56 Å². The molecule has 0 bridgehead atoms. The van der Waals surface area contributed by atoms with Gasteiger partial charge >= 0.3 is 0 Å². The van der Waals surface area contributed by atoms with Crippen molar-refractivity contribution in [3.05, 3.63) is 35.4 Å². The summed E-state index contributed by atoms with van der Waals surface area (Å²) in [5.41, 5.74) is 1.60. The Hall–Kier alpha value is -1.06. The number of benzene rings is 1. The predicted molar refractivity (Wildman–Crippen MR) is 81.5 cm³/mol. The van der Waals surface area contributed by atoms with Crippen LogP contribution in [0.25, 0.3) is 0 Å². The summed E-state index contributed by atoms with van der Waals surface area (Å²) in [6.07, 6.45) is 1.54. The molecular formula is C16H22ClNO2. The van der Waals surface area contributed by atoms with E-state index < -0.39 is 0 Å². The molecule has 1 aliphatic rings. The van der Waals surface area contributed by atoms with Crippen molar-refractivity contribution in [3.8, 4) is 0 Å². The largest absolute Gasteiger partial charge is 0.381 e. The summed E-state index contributed by atoms with van der Waals surface area (Å²) in [6.45, 7) is 5.58. The molecule has 4 heteroatoms. The highest BCUT2D eigenvalue weighted by Gasteiger charge is 2.33. The highest BCUT2D eigenvalue weighted by atomic mass is 35.5. The van der Waals surface area contributed by atoms with E-state index in [9.17, 15) is 4.79 Å². The standard InChI is InChI=1S/C16H22ClNO2/c1-12(2)13-3-5-14(6-4-13)15(19)18-16(11-17)7-9-20-10-8-16/h3-6,12H,7-11H2,1-2H3,(H,18,19). The number of ether oxygens (including phenoxy) is 1. The molecule has 3 nitrogen and oxygen atoms in total. The Labute approximate surface area is 125 Å². The maximum atomic E-state index is 12.3. The van der Waals surface area contributed by atoms with Gasteiger partial charge in [-0.2, -0.15) is 0 Å². The second kappa shape index (κ2) is 6.59. The minimum Gasteiger partial charge on any atom is -0.381 e. The van der Waals surface area contributed by atoms with Crippen molar-refractivity contribution < 1.29 is 9.53 Å². The van der Waals surface area contributed by atoms with E-state index in [0.717, 1.165) is 12.8 Å². The topological polar surface area (TPSA) is 38.3 Å². The SMILES string of the molecule is CC(C)c1ccc(C(=O)NC2(CCl)CCOCC2)cc1. The fraction of sp³-hybridized carbons (Fsp3) is 0.562. The summed E-state index contributed by atoms with van der Waals surface area (Å²) >= 11 is 6.07. The fourth-order valence-electron chi connectivity index (χ4n) is 2.39. The normalized spacial score (nSPS) is 18.0. The van der Waals surface area contributed by atoms with E-state index >= 15 is 0 Å². The Kier molecular flexibility index (Phi) is 5.06. The number of hydrogen-bond donors (Lipinski definition) is 1. The lowest BCUT2D eigenvalue weighted by Gasteiger charge is -2.36. The van der Waals surface area contributed by atoms with Crippen molar-refractivity contribution in [1.29, 1.82) is 0 Å². The molecule has 20 heavy (non-hydrogen) atoms. The fourth-order valence-corrected chi connectivity index (χ4v) is 2.72. The number of amides is 1. The van der Waals surface area contributed by atoms with Gasteiger partial charge in [0.25, 0.3) is 5.91 Å². The number of carbonyl (C=O) groups is 1. The molecule has 1 amide bonds. The van der Waals surface area contributed by atoms with E-state index in [4.69, 9.17) is 16.3 Å². The lowest BCUT2D eigenvalue weighted by atomic mass is 9.91. The molecule has 0 radical (unpaired) electrons. The van der Waals surface area contributed by atoms with Crippen LogP contribution in [0.15, 0.2) is 24.3 Å². The maximum Gasteiger partial charge on any atom is 0.251 e. The summed E-state index contributed by atoms with van der Waals surface area (Å²) < 4.78 is 5.35. The molecule has 1 aromatic carbocycles. The molecular weight excluding hydrogens is 274 g/mol. The molecule has 1 saturated heterocycles. The van der Waals surface area contributed by atoms with Crippen molar-refractivity contribution in [1.82, 2.24) is 5.32 Å². The molecule has 0 atom stereocenters. The molecule has 1 heterocycles. The van der Waals surface area contributed by atoms with Gasteiger partial charge in [-0.05, 0) is 36.5 Å². The van der Waals surface area contributed by atoms with E-state index in [1.54, 1.807) is 0 Å². The molecule has 0 unspecified atom stereocenters. The molecule has 0 aliphatic carbocycles. The van der Waals surface area contributed by atoms with Crippen LogP contribution in [0, 0.1) is 0 Å². The van der Waals surface area contributed by atoms with Crippen LogP contribution in [0.5, 0.6) is 0 Å². The quantitative estimate of drug-likeness (QED) is 0.865. The third kappa shape index (κ3) is 3.53. The number of nitrogens with one attached hydrogen (secondary N) is 1. The number of halogens is 1. The Bertz CT molecular complexity index is 450. The average molecular weight is 296 g/mol. The zero-order valence-electron chi connectivity index (χ0n) is 12.1. The average Bonchev–Trinajstić information content (AvgIpc) is 2.48. The maximum absolute atomic E-state index is 12.3. The minimum atomic E-state index is -0.326. The number of carbonyl (C=O) groups excluding carboxylic acids is 1. The first-order chi connectivity index (χ1) is 9.56. The molecule has 1 aliphatic heterocycles. The van der Waals surface area contributed by atoms with E-state index in [2.05, 4.69) is 19.2 Å². The lowest BCUT2D eigenvalue weighted by molar-refractivity contribution is 0.0434. The van der Waals surface area contributed by atoms with Crippen LogP contribution in [0.3, 0.4) is 0 Å². The van der Waals surface area contributed by atoms with Crippen LogP contribution in [0.4, 0.5) is 0 Å². The van der Waals surface area contributed by atoms with Crippen molar-refractivity contribution in [2.75, 3.05) is 19.1 Å². The highest BCUT2D eigenvalue weighted by Crippen LogP contribution is 2.23. The van der Waals surface area contributed by atoms with Gasteiger partial charge in [0.1, 0.15) is 0 Å². The van der Waals surface area contributed by atoms with Gasteiger partial charge in [-0.25, -0.2) is 0 Å². The summed E-state index contributed by atoms with van der Waals surface area (Å²) in [6, 6.07) is 7.78. The van der Waals surface area contributed by atoms with Crippen LogP contribution in [0.1, 0.15) is 48.5 Å². The summed E-state index contributed by atoms with van der Waals surface area (Å²) in [7, 11) is 0. The molecule has 2 rings (SSSR count). The minimum absolute atomic E-state index is 0.0529. The molecule has 1 N–H and O–H groups in total. The van der Waals surface area contributed by atoms with Crippen molar-refractivity contribution in [2.45, 2.75) is 38.1 Å². The zero-order chi connectivity index (χ0) is 14.6. The Balaban J connectivity index is 2.06. The van der Waals surface area contributed by atoms with Crippen molar-refractivity contribution >= 4 is 17.5 Å². The van der Waals surface area contributed by atoms with Gasteiger partial charge in [-0.15, -0.1) is 11.6 Å². The number of hydrogen-bond acceptors (Lipinski definition) is 2. The second-order valence-electron chi connectivity index (χ2n) is 5.76. The van der Waals surface area contributed by atoms with Crippen LogP contribution in [-0.4, -0.2) is 30.5 Å². The lowest BCUT2D eigenvalue weighted by Crippen LogP contribution is -2.53. The smallest absolute Gasteiger partial charge is 0.251 e. The van der Waals surface area contributed by atoms with Crippen LogP contribution in [-0.2, 0) is 4.74 Å². The first-order valence-corrected chi connectivity index (χ1v) is 7.66. The third-order valence-corrected chi connectivity index (χ3v) is 4.44. The van der Waals surface area contributed by atoms with E-state index in [-0.39, 0.29) is 11.4 Å². The predicted octanol–water partition coefficient (Wildman–Crippen LogP) is 3.33. The van der Waals surface area contributed by atoms with Gasteiger partial charge in [0, 0.05) is 24.7 Å². The summed E-state index contributed by atoms with van der Waals surface area (Å²) in [4.78, 5) is 12.3.